The lowest BCUT2D eigenvalue weighted by molar-refractivity contribution is 0.355. The first-order valence-corrected chi connectivity index (χ1v) is 5.97. The zero-order valence-electron chi connectivity index (χ0n) is 11.5. The normalized spacial score (nSPS) is 9.90. The Balaban J connectivity index is 2.64. The third-order valence-corrected chi connectivity index (χ3v) is 3.06. The molecule has 2 aromatic rings. The largest absolute Gasteiger partial charge is 0.493 e. The Kier molecular flexibility index (Phi) is 3.76. The van der Waals surface area contributed by atoms with Crippen molar-refractivity contribution in [3.63, 3.8) is 0 Å². The van der Waals surface area contributed by atoms with Gasteiger partial charge in [0.15, 0.2) is 11.5 Å². The van der Waals surface area contributed by atoms with Crippen molar-refractivity contribution < 1.29 is 9.47 Å². The van der Waals surface area contributed by atoms with Crippen molar-refractivity contribution in [1.29, 1.82) is 5.26 Å². The van der Waals surface area contributed by atoms with Crippen molar-refractivity contribution in [1.82, 2.24) is 4.57 Å². The molecule has 0 aliphatic heterocycles. The molecule has 0 saturated carbocycles. The molecule has 20 heavy (non-hydrogen) atoms. The summed E-state index contributed by atoms with van der Waals surface area (Å²) in [5.41, 5.74) is 1.07. The molecule has 0 atom stereocenters. The van der Waals surface area contributed by atoms with Crippen LogP contribution in [0.25, 0.3) is 5.69 Å². The van der Waals surface area contributed by atoms with Gasteiger partial charge in [-0.3, -0.25) is 9.36 Å². The fourth-order valence-electron chi connectivity index (χ4n) is 1.94. The number of nitrogens with zero attached hydrogens (tertiary/aromatic N) is 2. The Morgan fingerprint density at radius 3 is 2.45 bits per heavy atom. The lowest BCUT2D eigenvalue weighted by Crippen LogP contribution is -2.21. The van der Waals surface area contributed by atoms with Crippen LogP contribution in [0.5, 0.6) is 11.5 Å². The Hall–Kier alpha value is -2.74. The van der Waals surface area contributed by atoms with Gasteiger partial charge in [0.25, 0.3) is 5.56 Å². The minimum absolute atomic E-state index is 0.141. The highest BCUT2D eigenvalue weighted by Crippen LogP contribution is 2.28. The number of aromatic nitrogens is 1. The van der Waals surface area contributed by atoms with Crippen molar-refractivity contribution in [3.8, 4) is 23.3 Å². The molecule has 0 unspecified atom stereocenters. The van der Waals surface area contributed by atoms with Crippen LogP contribution in [-0.2, 0) is 0 Å². The van der Waals surface area contributed by atoms with Gasteiger partial charge in [-0.2, -0.15) is 5.26 Å². The van der Waals surface area contributed by atoms with Crippen LogP contribution in [0.3, 0.4) is 0 Å². The summed E-state index contributed by atoms with van der Waals surface area (Å²) in [6.45, 7) is 1.74. The quantitative estimate of drug-likeness (QED) is 0.856. The number of nitriles is 1. The number of benzene rings is 1. The Bertz CT molecular complexity index is 742. The van der Waals surface area contributed by atoms with E-state index < -0.39 is 0 Å². The smallest absolute Gasteiger partial charge is 0.273 e. The van der Waals surface area contributed by atoms with Crippen LogP contribution in [0, 0.1) is 18.3 Å². The first-order valence-electron chi connectivity index (χ1n) is 5.97. The first kappa shape index (κ1) is 13.7. The summed E-state index contributed by atoms with van der Waals surface area (Å²) in [6, 6.07) is 8.81. The number of rotatable bonds is 3. The topological polar surface area (TPSA) is 64.2 Å². The molecule has 0 fully saturated rings. The number of methoxy groups -OCH3 is 2. The maximum Gasteiger partial charge on any atom is 0.273 e. The predicted octanol–water partition coefficient (Wildman–Crippen LogP) is 2.03. The van der Waals surface area contributed by atoms with Gasteiger partial charge >= 0.3 is 0 Å². The molecule has 0 radical (unpaired) electrons. The van der Waals surface area contributed by atoms with E-state index in [4.69, 9.17) is 14.7 Å². The maximum absolute atomic E-state index is 12.2. The molecule has 2 rings (SSSR count). The van der Waals surface area contributed by atoms with Crippen LogP contribution in [0.15, 0.2) is 35.3 Å². The molecule has 0 N–H and O–H groups in total. The van der Waals surface area contributed by atoms with Crippen LogP contribution in [-0.4, -0.2) is 18.8 Å². The summed E-state index contributed by atoms with van der Waals surface area (Å²) < 4.78 is 11.8. The average Bonchev–Trinajstić information content (AvgIpc) is 2.47. The molecule has 0 aliphatic rings. The van der Waals surface area contributed by atoms with Crippen molar-refractivity contribution in [2.75, 3.05) is 14.2 Å². The zero-order valence-corrected chi connectivity index (χ0v) is 11.5. The van der Waals surface area contributed by atoms with Crippen molar-refractivity contribution in [3.05, 3.63) is 51.9 Å². The fourth-order valence-corrected chi connectivity index (χ4v) is 1.94. The number of ether oxygens (including phenoxy) is 2. The van der Waals surface area contributed by atoms with Gasteiger partial charge in [0.05, 0.1) is 19.9 Å². The van der Waals surface area contributed by atoms with E-state index >= 15 is 0 Å². The van der Waals surface area contributed by atoms with Gasteiger partial charge in [-0.25, -0.2) is 0 Å². The van der Waals surface area contributed by atoms with E-state index in [1.165, 1.54) is 11.7 Å². The highest BCUT2D eigenvalue weighted by Gasteiger charge is 2.10. The molecule has 1 heterocycles. The molecule has 5 heteroatoms. The number of hydrogen-bond acceptors (Lipinski definition) is 4. The molecular weight excluding hydrogens is 256 g/mol. The molecule has 1 aromatic heterocycles. The van der Waals surface area contributed by atoms with Gasteiger partial charge in [-0.05, 0) is 30.7 Å². The average molecular weight is 270 g/mol. The number of pyridine rings is 1. The Labute approximate surface area is 116 Å². The third kappa shape index (κ3) is 2.24. The van der Waals surface area contributed by atoms with Gasteiger partial charge in [0.2, 0.25) is 0 Å². The minimum atomic E-state index is -0.347. The van der Waals surface area contributed by atoms with Crippen LogP contribution in [0.2, 0.25) is 0 Å². The molecule has 5 nitrogen and oxygen atoms in total. The van der Waals surface area contributed by atoms with Gasteiger partial charge in [0, 0.05) is 12.3 Å². The Morgan fingerprint density at radius 1 is 1.15 bits per heavy atom. The summed E-state index contributed by atoms with van der Waals surface area (Å²) in [4.78, 5) is 12.2. The molecule has 0 saturated heterocycles. The van der Waals surface area contributed by atoms with E-state index in [1.807, 2.05) is 6.07 Å². The molecule has 0 amide bonds. The van der Waals surface area contributed by atoms with Gasteiger partial charge < -0.3 is 9.47 Å². The van der Waals surface area contributed by atoms with Crippen LogP contribution in [0.1, 0.15) is 11.1 Å². The second kappa shape index (κ2) is 5.49. The summed E-state index contributed by atoms with van der Waals surface area (Å²) in [7, 11) is 3.07. The molecule has 0 aliphatic carbocycles. The number of hydrogen-bond donors (Lipinski definition) is 0. The van der Waals surface area contributed by atoms with Crippen LogP contribution >= 0.6 is 0 Å². The highest BCUT2D eigenvalue weighted by molar-refractivity contribution is 5.50. The van der Waals surface area contributed by atoms with E-state index in [0.717, 1.165) is 0 Å². The van der Waals surface area contributed by atoms with Crippen molar-refractivity contribution in [2.24, 2.45) is 0 Å². The second-order valence-corrected chi connectivity index (χ2v) is 4.20. The fraction of sp³-hybridized carbons (Fsp3) is 0.200. The monoisotopic (exact) mass is 270 g/mol. The van der Waals surface area contributed by atoms with E-state index in [-0.39, 0.29) is 11.1 Å². The Morgan fingerprint density at radius 2 is 1.85 bits per heavy atom. The van der Waals surface area contributed by atoms with Crippen molar-refractivity contribution >= 4 is 0 Å². The van der Waals surface area contributed by atoms with Gasteiger partial charge in [0.1, 0.15) is 11.6 Å². The highest BCUT2D eigenvalue weighted by atomic mass is 16.5. The molecule has 102 valence electrons. The van der Waals surface area contributed by atoms with E-state index in [9.17, 15) is 4.79 Å². The SMILES string of the molecule is COc1ccc(-n2ccc(C)c(C#N)c2=O)cc1OC. The van der Waals surface area contributed by atoms with E-state index in [2.05, 4.69) is 0 Å². The second-order valence-electron chi connectivity index (χ2n) is 4.20. The lowest BCUT2D eigenvalue weighted by atomic mass is 10.1. The standard InChI is InChI=1S/C15H14N2O3/c1-10-6-7-17(15(18)12(10)9-16)11-4-5-13(19-2)14(8-11)20-3/h4-8H,1-3H3. The minimum Gasteiger partial charge on any atom is -0.493 e. The van der Waals surface area contributed by atoms with Crippen LogP contribution in [0.4, 0.5) is 0 Å². The first-order chi connectivity index (χ1) is 9.62. The van der Waals surface area contributed by atoms with E-state index in [0.29, 0.717) is 22.7 Å². The predicted molar refractivity (Wildman–Crippen MR) is 74.6 cm³/mol. The van der Waals surface area contributed by atoms with Crippen molar-refractivity contribution in [2.45, 2.75) is 6.92 Å². The summed E-state index contributed by atoms with van der Waals surface area (Å²) in [5, 5.41) is 9.05. The van der Waals surface area contributed by atoms with Gasteiger partial charge in [-0.1, -0.05) is 0 Å². The third-order valence-electron chi connectivity index (χ3n) is 3.06. The summed E-state index contributed by atoms with van der Waals surface area (Å²) in [6.07, 6.45) is 1.64. The summed E-state index contributed by atoms with van der Waals surface area (Å²) >= 11 is 0. The lowest BCUT2D eigenvalue weighted by Gasteiger charge is -2.11. The zero-order chi connectivity index (χ0) is 14.7. The van der Waals surface area contributed by atoms with Gasteiger partial charge in [-0.15, -0.1) is 0 Å². The molecule has 0 spiro atoms. The maximum atomic E-state index is 12.2. The molecule has 1 aromatic carbocycles. The molecular formula is C15H14N2O3. The van der Waals surface area contributed by atoms with E-state index in [1.54, 1.807) is 44.5 Å². The number of aryl methyl sites for hydroxylation is 1. The van der Waals surface area contributed by atoms with Crippen LogP contribution < -0.4 is 15.0 Å². The summed E-state index contributed by atoms with van der Waals surface area (Å²) in [5.74, 6) is 1.10. The molecule has 0 bridgehead atoms.